The van der Waals surface area contributed by atoms with Crippen LogP contribution in [0.15, 0.2) is 29.6 Å². The number of benzene rings is 1. The number of halogens is 3. The lowest BCUT2D eigenvalue weighted by Gasteiger charge is -2.06. The van der Waals surface area contributed by atoms with Gasteiger partial charge in [-0.2, -0.15) is 13.2 Å². The summed E-state index contributed by atoms with van der Waals surface area (Å²) < 4.78 is 37.0. The Hall–Kier alpha value is -1.40. The Morgan fingerprint density at radius 1 is 1.18 bits per heavy atom. The average Bonchev–Trinajstić information content (AvgIpc) is 2.76. The Labute approximate surface area is 99.4 Å². The third-order valence-electron chi connectivity index (χ3n) is 2.19. The van der Waals surface area contributed by atoms with Gasteiger partial charge in [0.25, 0.3) is 0 Å². The number of hydrogen-bond acceptors (Lipinski definition) is 3. The molecule has 1 aromatic carbocycles. The Kier molecular flexibility index (Phi) is 3.17. The van der Waals surface area contributed by atoms with E-state index < -0.39 is 11.7 Å². The van der Waals surface area contributed by atoms with Crippen LogP contribution in [-0.4, -0.2) is 10.1 Å². The molecule has 17 heavy (non-hydrogen) atoms. The van der Waals surface area contributed by atoms with E-state index in [0.717, 1.165) is 12.1 Å². The summed E-state index contributed by atoms with van der Waals surface area (Å²) in [5.41, 5.74) is 0.501. The molecule has 2 rings (SSSR count). The van der Waals surface area contributed by atoms with E-state index in [1.165, 1.54) is 23.5 Å². The fraction of sp³-hybridized carbons (Fsp3) is 0.182. The minimum atomic E-state index is -4.32. The van der Waals surface area contributed by atoms with E-state index in [2.05, 4.69) is 4.98 Å². The molecule has 0 bridgehead atoms. The molecule has 0 saturated heterocycles. The van der Waals surface area contributed by atoms with Crippen LogP contribution in [0, 0.1) is 0 Å². The Morgan fingerprint density at radius 2 is 1.82 bits per heavy atom. The van der Waals surface area contributed by atoms with Gasteiger partial charge in [-0.05, 0) is 12.1 Å². The van der Waals surface area contributed by atoms with Crippen LogP contribution in [0.25, 0.3) is 11.3 Å². The van der Waals surface area contributed by atoms with E-state index in [1.807, 2.05) is 0 Å². The Bertz CT molecular complexity index is 504. The molecule has 1 N–H and O–H groups in total. The number of rotatable bonds is 2. The third kappa shape index (κ3) is 2.65. The van der Waals surface area contributed by atoms with Crippen molar-refractivity contribution in [1.82, 2.24) is 4.98 Å². The van der Waals surface area contributed by atoms with E-state index in [1.54, 1.807) is 5.38 Å². The highest BCUT2D eigenvalue weighted by molar-refractivity contribution is 7.09. The SMILES string of the molecule is OCc1nc(-c2ccc(C(F)(F)F)cc2)cs1. The van der Waals surface area contributed by atoms with Crippen LogP contribution in [-0.2, 0) is 12.8 Å². The summed E-state index contributed by atoms with van der Waals surface area (Å²) in [5.74, 6) is 0. The van der Waals surface area contributed by atoms with Gasteiger partial charge in [-0.1, -0.05) is 12.1 Å². The molecule has 0 spiro atoms. The zero-order valence-corrected chi connectivity index (χ0v) is 9.35. The van der Waals surface area contributed by atoms with Crippen molar-refractivity contribution in [2.75, 3.05) is 0 Å². The maximum atomic E-state index is 12.3. The molecule has 0 radical (unpaired) electrons. The zero-order chi connectivity index (χ0) is 12.5. The second-order valence-electron chi connectivity index (χ2n) is 3.36. The van der Waals surface area contributed by atoms with Gasteiger partial charge in [-0.25, -0.2) is 4.98 Å². The maximum Gasteiger partial charge on any atom is 0.416 e. The summed E-state index contributed by atoms with van der Waals surface area (Å²) in [4.78, 5) is 4.08. The van der Waals surface area contributed by atoms with E-state index in [9.17, 15) is 13.2 Å². The van der Waals surface area contributed by atoms with Gasteiger partial charge in [0.1, 0.15) is 5.01 Å². The molecule has 0 unspecified atom stereocenters. The Balaban J connectivity index is 2.29. The summed E-state index contributed by atoms with van der Waals surface area (Å²) >= 11 is 1.27. The van der Waals surface area contributed by atoms with Gasteiger partial charge in [0.2, 0.25) is 0 Å². The molecule has 6 heteroatoms. The van der Waals surface area contributed by atoms with Gasteiger partial charge in [0, 0.05) is 10.9 Å². The number of aliphatic hydroxyl groups is 1. The predicted molar refractivity (Wildman–Crippen MR) is 58.5 cm³/mol. The fourth-order valence-corrected chi connectivity index (χ4v) is 2.01. The van der Waals surface area contributed by atoms with Gasteiger partial charge in [0.05, 0.1) is 17.9 Å². The largest absolute Gasteiger partial charge is 0.416 e. The van der Waals surface area contributed by atoms with Crippen molar-refractivity contribution < 1.29 is 18.3 Å². The van der Waals surface area contributed by atoms with E-state index in [-0.39, 0.29) is 6.61 Å². The molecule has 0 saturated carbocycles. The molecule has 0 aliphatic rings. The highest BCUT2D eigenvalue weighted by atomic mass is 32.1. The van der Waals surface area contributed by atoms with Crippen LogP contribution in [0.1, 0.15) is 10.6 Å². The van der Waals surface area contributed by atoms with Crippen molar-refractivity contribution in [2.45, 2.75) is 12.8 Å². The lowest BCUT2D eigenvalue weighted by Crippen LogP contribution is -2.03. The highest BCUT2D eigenvalue weighted by Gasteiger charge is 2.30. The number of alkyl halides is 3. The second kappa shape index (κ2) is 4.46. The lowest BCUT2D eigenvalue weighted by molar-refractivity contribution is -0.137. The molecule has 0 amide bonds. The smallest absolute Gasteiger partial charge is 0.389 e. The van der Waals surface area contributed by atoms with Gasteiger partial charge >= 0.3 is 6.18 Å². The van der Waals surface area contributed by atoms with Crippen molar-refractivity contribution in [3.05, 3.63) is 40.2 Å². The van der Waals surface area contributed by atoms with Crippen LogP contribution in [0.5, 0.6) is 0 Å². The molecule has 2 nitrogen and oxygen atoms in total. The van der Waals surface area contributed by atoms with Crippen molar-refractivity contribution in [2.24, 2.45) is 0 Å². The molecule has 2 aromatic rings. The normalized spacial score (nSPS) is 11.8. The molecule has 0 fully saturated rings. The van der Waals surface area contributed by atoms with E-state index >= 15 is 0 Å². The first-order chi connectivity index (χ1) is 8.00. The molecule has 0 atom stereocenters. The average molecular weight is 259 g/mol. The van der Waals surface area contributed by atoms with Gasteiger partial charge in [-0.3, -0.25) is 0 Å². The third-order valence-corrected chi connectivity index (χ3v) is 3.03. The standard InChI is InChI=1S/C11H8F3NOS/c12-11(13,14)8-3-1-7(2-4-8)9-6-17-10(5-16)15-9/h1-4,6,16H,5H2. The molecular formula is C11H8F3NOS. The summed E-state index contributed by atoms with van der Waals surface area (Å²) in [6, 6.07) is 4.79. The predicted octanol–water partition coefficient (Wildman–Crippen LogP) is 3.32. The van der Waals surface area contributed by atoms with Gasteiger partial charge in [0.15, 0.2) is 0 Å². The summed E-state index contributed by atoms with van der Waals surface area (Å²) in [6.45, 7) is -0.161. The molecule has 1 heterocycles. The van der Waals surface area contributed by atoms with Gasteiger partial charge in [-0.15, -0.1) is 11.3 Å². The number of hydrogen-bond donors (Lipinski definition) is 1. The first-order valence-corrected chi connectivity index (χ1v) is 5.61. The maximum absolute atomic E-state index is 12.3. The Morgan fingerprint density at radius 3 is 2.29 bits per heavy atom. The van der Waals surface area contributed by atoms with Crippen molar-refractivity contribution >= 4 is 11.3 Å². The van der Waals surface area contributed by atoms with Crippen molar-refractivity contribution in [3.8, 4) is 11.3 Å². The highest BCUT2D eigenvalue weighted by Crippen LogP contribution is 2.31. The number of aromatic nitrogens is 1. The van der Waals surface area contributed by atoms with E-state index in [0.29, 0.717) is 16.3 Å². The van der Waals surface area contributed by atoms with Crippen LogP contribution in [0.3, 0.4) is 0 Å². The number of thiazole rings is 1. The summed E-state index contributed by atoms with van der Waals surface area (Å²) in [5, 5.41) is 11.1. The molecular weight excluding hydrogens is 251 g/mol. The minimum Gasteiger partial charge on any atom is -0.389 e. The zero-order valence-electron chi connectivity index (χ0n) is 8.53. The molecule has 90 valence electrons. The van der Waals surface area contributed by atoms with Crippen molar-refractivity contribution in [3.63, 3.8) is 0 Å². The second-order valence-corrected chi connectivity index (χ2v) is 4.30. The van der Waals surface area contributed by atoms with Crippen LogP contribution >= 0.6 is 11.3 Å². The number of nitrogens with zero attached hydrogens (tertiary/aromatic N) is 1. The van der Waals surface area contributed by atoms with Crippen LogP contribution in [0.4, 0.5) is 13.2 Å². The molecule has 0 aliphatic heterocycles. The summed E-state index contributed by atoms with van der Waals surface area (Å²) in [6.07, 6.45) is -4.32. The molecule has 1 aromatic heterocycles. The van der Waals surface area contributed by atoms with Crippen LogP contribution < -0.4 is 0 Å². The first-order valence-electron chi connectivity index (χ1n) is 4.73. The van der Waals surface area contributed by atoms with E-state index in [4.69, 9.17) is 5.11 Å². The monoisotopic (exact) mass is 259 g/mol. The molecule has 0 aliphatic carbocycles. The first kappa shape index (κ1) is 12.1. The minimum absolute atomic E-state index is 0.161. The topological polar surface area (TPSA) is 33.1 Å². The lowest BCUT2D eigenvalue weighted by atomic mass is 10.1. The number of aliphatic hydroxyl groups excluding tert-OH is 1. The van der Waals surface area contributed by atoms with Gasteiger partial charge < -0.3 is 5.11 Å². The fourth-order valence-electron chi connectivity index (χ4n) is 1.35. The van der Waals surface area contributed by atoms with Crippen molar-refractivity contribution in [1.29, 1.82) is 0 Å². The van der Waals surface area contributed by atoms with Crippen LogP contribution in [0.2, 0.25) is 0 Å². The quantitative estimate of drug-likeness (QED) is 0.897. The summed E-state index contributed by atoms with van der Waals surface area (Å²) in [7, 11) is 0.